The molecule has 5 rings (SSSR count). The van der Waals surface area contributed by atoms with Crippen LogP contribution in [0.1, 0.15) is 81.8 Å². The predicted octanol–water partition coefficient (Wildman–Crippen LogP) is 8.67. The summed E-state index contributed by atoms with van der Waals surface area (Å²) in [5.74, 6) is -0.210. The Morgan fingerprint density at radius 1 is 0.833 bits per heavy atom. The number of hydrogen-bond donors (Lipinski definition) is 2. The van der Waals surface area contributed by atoms with Crippen molar-refractivity contribution in [3.05, 3.63) is 113 Å². The third-order valence-electron chi connectivity index (χ3n) is 7.87. The summed E-state index contributed by atoms with van der Waals surface area (Å²) < 4.78 is 27.7. The van der Waals surface area contributed by atoms with E-state index >= 15 is 4.39 Å². The largest absolute Gasteiger partial charge is 0.493 e. The SMILES string of the molecule is CC(C)(C)OC(=O)NCCCCCCCCOc1ccc(Cc2nc3c(Cc4ccccc4)nc(-c4ccccc4)cn3c2O)cc1F. The van der Waals surface area contributed by atoms with E-state index in [4.69, 9.17) is 19.4 Å². The second-order valence-corrected chi connectivity index (χ2v) is 13.0. The minimum Gasteiger partial charge on any atom is -0.493 e. The van der Waals surface area contributed by atoms with Crippen molar-refractivity contribution in [1.82, 2.24) is 19.7 Å². The Hall–Kier alpha value is -4.92. The van der Waals surface area contributed by atoms with E-state index < -0.39 is 11.4 Å². The maximum absolute atomic E-state index is 15.0. The number of nitrogens with zero attached hydrogens (tertiary/aromatic N) is 3. The van der Waals surface area contributed by atoms with E-state index in [2.05, 4.69) is 5.32 Å². The normalized spacial score (nSPS) is 11.5. The molecule has 0 bridgehead atoms. The number of fused-ring (bicyclic) bond motifs is 1. The Labute approximate surface area is 282 Å². The van der Waals surface area contributed by atoms with E-state index in [1.165, 1.54) is 6.07 Å². The molecule has 9 heteroatoms. The van der Waals surface area contributed by atoms with Gasteiger partial charge in [0.15, 0.2) is 17.2 Å². The molecule has 0 aliphatic carbocycles. The molecule has 0 fully saturated rings. The van der Waals surface area contributed by atoms with Crippen molar-refractivity contribution in [2.24, 2.45) is 0 Å². The number of halogens is 1. The quantitative estimate of drug-likeness (QED) is 0.110. The van der Waals surface area contributed by atoms with Crippen molar-refractivity contribution >= 4 is 11.7 Å². The molecule has 252 valence electrons. The standard InChI is InChI=1S/C39H45FN4O4/c1-39(2,3)48-38(46)41-22-14-6-4-5-7-15-23-47-35-21-20-29(24-31(35)40)26-33-37(45)44-27-34(30-18-12-9-13-19-30)42-32(36(44)43-33)25-28-16-10-8-11-17-28/h8-13,16-21,24,27,45H,4-7,14-15,22-23,25-26H2,1-3H3,(H,41,46). The fourth-order valence-corrected chi connectivity index (χ4v) is 5.50. The van der Waals surface area contributed by atoms with Gasteiger partial charge in [0.25, 0.3) is 0 Å². The molecule has 0 atom stereocenters. The molecule has 8 nitrogen and oxygen atoms in total. The number of aromatic nitrogens is 3. The average Bonchev–Trinajstić information content (AvgIpc) is 3.37. The van der Waals surface area contributed by atoms with E-state index in [9.17, 15) is 9.90 Å². The van der Waals surface area contributed by atoms with Crippen LogP contribution >= 0.6 is 0 Å². The molecule has 5 aromatic rings. The van der Waals surface area contributed by atoms with E-state index in [1.54, 1.807) is 16.7 Å². The number of hydrogen-bond acceptors (Lipinski definition) is 6. The molecule has 0 radical (unpaired) electrons. The number of carbonyl (C=O) groups is 1. The van der Waals surface area contributed by atoms with Gasteiger partial charge in [0.05, 0.1) is 18.0 Å². The van der Waals surface area contributed by atoms with Crippen molar-refractivity contribution in [2.75, 3.05) is 13.2 Å². The summed E-state index contributed by atoms with van der Waals surface area (Å²) in [5, 5.41) is 14.1. The molecule has 1 amide bonds. The topological polar surface area (TPSA) is 98.0 Å². The number of rotatable bonds is 15. The molecule has 0 aliphatic heterocycles. The van der Waals surface area contributed by atoms with Crippen molar-refractivity contribution in [1.29, 1.82) is 0 Å². The maximum Gasteiger partial charge on any atom is 0.407 e. The number of ether oxygens (including phenoxy) is 2. The number of unbranched alkanes of at least 4 members (excludes halogenated alkanes) is 5. The summed E-state index contributed by atoms with van der Waals surface area (Å²) >= 11 is 0. The first-order valence-corrected chi connectivity index (χ1v) is 16.7. The highest BCUT2D eigenvalue weighted by Crippen LogP contribution is 2.29. The molecule has 0 saturated heterocycles. The van der Waals surface area contributed by atoms with Gasteiger partial charge < -0.3 is 19.9 Å². The van der Waals surface area contributed by atoms with Crippen LogP contribution in [0.4, 0.5) is 9.18 Å². The van der Waals surface area contributed by atoms with Crippen molar-refractivity contribution in [3.8, 4) is 22.9 Å². The van der Waals surface area contributed by atoms with Crippen LogP contribution in [0.15, 0.2) is 85.1 Å². The van der Waals surface area contributed by atoms with Gasteiger partial charge in [0, 0.05) is 31.1 Å². The zero-order valence-corrected chi connectivity index (χ0v) is 28.0. The molecule has 2 aromatic heterocycles. The molecule has 0 spiro atoms. The van der Waals surface area contributed by atoms with Crippen LogP contribution in [0, 0.1) is 5.82 Å². The first kappa shape index (κ1) is 34.4. The summed E-state index contributed by atoms with van der Waals surface area (Å²) in [6.07, 6.45) is 8.08. The second kappa shape index (κ2) is 16.3. The van der Waals surface area contributed by atoms with Crippen LogP contribution < -0.4 is 10.1 Å². The van der Waals surface area contributed by atoms with Gasteiger partial charge in [-0.05, 0) is 56.9 Å². The number of carbonyl (C=O) groups excluding carboxylic acids is 1. The number of benzene rings is 3. The Balaban J connectivity index is 1.14. The number of nitrogens with one attached hydrogen (secondary N) is 1. The Morgan fingerprint density at radius 2 is 1.50 bits per heavy atom. The van der Waals surface area contributed by atoms with Gasteiger partial charge in [-0.2, -0.15) is 0 Å². The number of aromatic hydroxyl groups is 1. The van der Waals surface area contributed by atoms with Crippen LogP contribution in [0.25, 0.3) is 16.9 Å². The highest BCUT2D eigenvalue weighted by Gasteiger charge is 2.19. The van der Waals surface area contributed by atoms with Gasteiger partial charge in [0.2, 0.25) is 5.88 Å². The number of amides is 1. The fraction of sp³-hybridized carbons (Fsp3) is 0.359. The van der Waals surface area contributed by atoms with E-state index in [-0.39, 0.29) is 24.1 Å². The summed E-state index contributed by atoms with van der Waals surface area (Å²) in [4.78, 5) is 21.4. The van der Waals surface area contributed by atoms with Gasteiger partial charge >= 0.3 is 6.09 Å². The minimum absolute atomic E-state index is 0.0129. The van der Waals surface area contributed by atoms with Crippen molar-refractivity contribution in [3.63, 3.8) is 0 Å². The predicted molar refractivity (Wildman–Crippen MR) is 186 cm³/mol. The molecule has 3 aromatic carbocycles. The average molecular weight is 653 g/mol. The van der Waals surface area contributed by atoms with Gasteiger partial charge in [-0.25, -0.2) is 19.2 Å². The third kappa shape index (κ3) is 9.80. The first-order chi connectivity index (χ1) is 23.2. The van der Waals surface area contributed by atoms with Crippen LogP contribution in [0.2, 0.25) is 0 Å². The zero-order chi connectivity index (χ0) is 33.9. The molecular formula is C39H45FN4O4. The van der Waals surface area contributed by atoms with Crippen LogP contribution in [0.3, 0.4) is 0 Å². The lowest BCUT2D eigenvalue weighted by Gasteiger charge is -2.19. The van der Waals surface area contributed by atoms with Crippen LogP contribution in [-0.4, -0.2) is 44.3 Å². The van der Waals surface area contributed by atoms with E-state index in [0.29, 0.717) is 36.5 Å². The summed E-state index contributed by atoms with van der Waals surface area (Å²) in [6.45, 7) is 6.57. The Kier molecular flexibility index (Phi) is 11.7. The lowest BCUT2D eigenvalue weighted by atomic mass is 10.1. The molecule has 2 N–H and O–H groups in total. The number of alkyl carbamates (subject to hydrolysis) is 1. The van der Waals surface area contributed by atoms with Gasteiger partial charge in [-0.1, -0.05) is 92.4 Å². The monoisotopic (exact) mass is 652 g/mol. The first-order valence-electron chi connectivity index (χ1n) is 16.7. The lowest BCUT2D eigenvalue weighted by molar-refractivity contribution is 0.0527. The summed E-state index contributed by atoms with van der Waals surface area (Å²) in [7, 11) is 0. The Bertz CT molecular complexity index is 1790. The smallest absolute Gasteiger partial charge is 0.407 e. The molecule has 2 heterocycles. The molecule has 0 saturated carbocycles. The Morgan fingerprint density at radius 3 is 2.21 bits per heavy atom. The third-order valence-corrected chi connectivity index (χ3v) is 7.87. The molecule has 0 aliphatic rings. The zero-order valence-electron chi connectivity index (χ0n) is 28.0. The van der Waals surface area contributed by atoms with Gasteiger partial charge in [0.1, 0.15) is 11.3 Å². The van der Waals surface area contributed by atoms with Gasteiger partial charge in [-0.3, -0.25) is 4.40 Å². The van der Waals surface area contributed by atoms with Gasteiger partial charge in [-0.15, -0.1) is 0 Å². The van der Waals surface area contributed by atoms with Crippen LogP contribution in [-0.2, 0) is 17.6 Å². The van der Waals surface area contributed by atoms with Crippen molar-refractivity contribution in [2.45, 2.75) is 77.7 Å². The highest BCUT2D eigenvalue weighted by molar-refractivity contribution is 5.67. The van der Waals surface area contributed by atoms with E-state index in [0.717, 1.165) is 61.0 Å². The van der Waals surface area contributed by atoms with E-state index in [1.807, 2.05) is 87.5 Å². The summed E-state index contributed by atoms with van der Waals surface area (Å²) in [6, 6.07) is 24.8. The summed E-state index contributed by atoms with van der Waals surface area (Å²) in [5.41, 5.74) is 4.71. The number of imidazole rings is 1. The minimum atomic E-state index is -0.489. The molecular weight excluding hydrogens is 607 g/mol. The second-order valence-electron chi connectivity index (χ2n) is 13.0. The highest BCUT2D eigenvalue weighted by atomic mass is 19.1. The van der Waals surface area contributed by atoms with Crippen LogP contribution in [0.5, 0.6) is 11.6 Å². The molecule has 0 unspecified atom stereocenters. The maximum atomic E-state index is 15.0. The molecule has 48 heavy (non-hydrogen) atoms. The van der Waals surface area contributed by atoms with Crippen molar-refractivity contribution < 1.29 is 23.8 Å². The lowest BCUT2D eigenvalue weighted by Crippen LogP contribution is -2.32. The fourth-order valence-electron chi connectivity index (χ4n) is 5.50.